The van der Waals surface area contributed by atoms with Crippen LogP contribution in [-0.2, 0) is 0 Å². The molecule has 2 nitrogen and oxygen atoms in total. The lowest BCUT2D eigenvalue weighted by Crippen LogP contribution is -2.63. The Morgan fingerprint density at radius 3 is 2.71 bits per heavy atom. The summed E-state index contributed by atoms with van der Waals surface area (Å²) in [7, 11) is 0. The van der Waals surface area contributed by atoms with Crippen LogP contribution in [-0.4, -0.2) is 41.9 Å². The number of hydrogen-bond acceptors (Lipinski definition) is 3. The van der Waals surface area contributed by atoms with Gasteiger partial charge in [-0.05, 0) is 31.9 Å². The SMILES string of the molecule is CCCC1CN(CCSc2ccccc2)C(C)(CC)CN1. The van der Waals surface area contributed by atoms with E-state index in [-0.39, 0.29) is 0 Å². The number of nitrogens with zero attached hydrogens (tertiary/aromatic N) is 1. The minimum Gasteiger partial charge on any atom is -0.311 e. The van der Waals surface area contributed by atoms with Gasteiger partial charge in [0.15, 0.2) is 0 Å². The van der Waals surface area contributed by atoms with Gasteiger partial charge in [0.1, 0.15) is 0 Å². The Bertz CT molecular complexity index is 409. The molecule has 1 aromatic carbocycles. The van der Waals surface area contributed by atoms with Crippen LogP contribution in [0.4, 0.5) is 0 Å². The first-order valence-corrected chi connectivity index (χ1v) is 9.33. The molecule has 1 N–H and O–H groups in total. The van der Waals surface area contributed by atoms with Crippen molar-refractivity contribution < 1.29 is 0 Å². The quantitative estimate of drug-likeness (QED) is 0.766. The molecular weight excluding hydrogens is 276 g/mol. The number of nitrogens with one attached hydrogen (secondary N) is 1. The normalized spacial score (nSPS) is 26.9. The number of thioether (sulfide) groups is 1. The van der Waals surface area contributed by atoms with Crippen molar-refractivity contribution in [2.75, 3.05) is 25.4 Å². The zero-order valence-electron chi connectivity index (χ0n) is 13.8. The van der Waals surface area contributed by atoms with Gasteiger partial charge in [-0.1, -0.05) is 38.5 Å². The topological polar surface area (TPSA) is 15.3 Å². The van der Waals surface area contributed by atoms with Crippen LogP contribution in [0.1, 0.15) is 40.0 Å². The summed E-state index contributed by atoms with van der Waals surface area (Å²) < 4.78 is 0. The van der Waals surface area contributed by atoms with E-state index in [1.807, 2.05) is 11.8 Å². The third kappa shape index (κ3) is 4.73. The van der Waals surface area contributed by atoms with Crippen LogP contribution in [0.2, 0.25) is 0 Å². The minimum absolute atomic E-state index is 0.321. The molecule has 2 rings (SSSR count). The lowest BCUT2D eigenvalue weighted by Gasteiger charge is -2.48. The molecular formula is C18H30N2S. The molecule has 2 unspecified atom stereocenters. The molecule has 118 valence electrons. The molecule has 0 radical (unpaired) electrons. The lowest BCUT2D eigenvalue weighted by molar-refractivity contribution is 0.0532. The minimum atomic E-state index is 0.321. The highest BCUT2D eigenvalue weighted by molar-refractivity contribution is 7.99. The number of benzene rings is 1. The van der Waals surface area contributed by atoms with Crippen molar-refractivity contribution in [2.24, 2.45) is 0 Å². The van der Waals surface area contributed by atoms with Gasteiger partial charge in [0.2, 0.25) is 0 Å². The molecule has 1 aliphatic rings. The average Bonchev–Trinajstić information content (AvgIpc) is 2.52. The standard InChI is InChI=1S/C18H30N2S/c1-4-9-16-14-20(18(3,5-2)15-19-16)12-13-21-17-10-7-6-8-11-17/h6-8,10-11,16,19H,4-5,9,12-15H2,1-3H3. The third-order valence-corrected chi connectivity index (χ3v) is 5.74. The molecule has 1 saturated heterocycles. The smallest absolute Gasteiger partial charge is 0.0304 e. The van der Waals surface area contributed by atoms with Gasteiger partial charge >= 0.3 is 0 Å². The van der Waals surface area contributed by atoms with Gasteiger partial charge in [-0.2, -0.15) is 0 Å². The van der Waals surface area contributed by atoms with Crippen LogP contribution in [0.25, 0.3) is 0 Å². The summed E-state index contributed by atoms with van der Waals surface area (Å²) in [5.74, 6) is 1.18. The fraction of sp³-hybridized carbons (Fsp3) is 0.667. The van der Waals surface area contributed by atoms with E-state index >= 15 is 0 Å². The second-order valence-corrected chi connectivity index (χ2v) is 7.49. The van der Waals surface area contributed by atoms with E-state index in [0.29, 0.717) is 11.6 Å². The molecule has 2 atom stereocenters. The summed E-state index contributed by atoms with van der Waals surface area (Å²) in [5.41, 5.74) is 0.321. The summed E-state index contributed by atoms with van der Waals surface area (Å²) in [4.78, 5) is 4.11. The Kier molecular flexibility index (Phi) is 6.59. The summed E-state index contributed by atoms with van der Waals surface area (Å²) in [6.07, 6.45) is 3.78. The Morgan fingerprint density at radius 1 is 1.29 bits per heavy atom. The first-order chi connectivity index (χ1) is 10.2. The Labute approximate surface area is 134 Å². The maximum absolute atomic E-state index is 3.75. The van der Waals surface area contributed by atoms with E-state index in [2.05, 4.69) is 61.3 Å². The van der Waals surface area contributed by atoms with Gasteiger partial charge in [0.25, 0.3) is 0 Å². The van der Waals surface area contributed by atoms with E-state index in [0.717, 1.165) is 6.54 Å². The molecule has 1 aromatic rings. The molecule has 0 bridgehead atoms. The number of hydrogen-bond donors (Lipinski definition) is 1. The van der Waals surface area contributed by atoms with Crippen LogP contribution in [0.3, 0.4) is 0 Å². The molecule has 3 heteroatoms. The molecule has 0 aliphatic carbocycles. The van der Waals surface area contributed by atoms with E-state index in [9.17, 15) is 0 Å². The zero-order chi connectivity index (χ0) is 15.1. The average molecular weight is 307 g/mol. The third-order valence-electron chi connectivity index (χ3n) is 4.75. The maximum Gasteiger partial charge on any atom is 0.0304 e. The molecule has 1 heterocycles. The predicted molar refractivity (Wildman–Crippen MR) is 94.1 cm³/mol. The molecule has 0 amide bonds. The van der Waals surface area contributed by atoms with E-state index in [4.69, 9.17) is 0 Å². The fourth-order valence-electron chi connectivity index (χ4n) is 3.07. The highest BCUT2D eigenvalue weighted by Gasteiger charge is 2.35. The van der Waals surface area contributed by atoms with Gasteiger partial charge in [-0.15, -0.1) is 11.8 Å². The first kappa shape index (κ1) is 16.9. The monoisotopic (exact) mass is 306 g/mol. The van der Waals surface area contributed by atoms with Gasteiger partial charge < -0.3 is 5.32 Å². The van der Waals surface area contributed by atoms with Crippen molar-refractivity contribution in [1.82, 2.24) is 10.2 Å². The van der Waals surface area contributed by atoms with Gasteiger partial charge in [-0.3, -0.25) is 4.90 Å². The summed E-state index contributed by atoms with van der Waals surface area (Å²) in [5, 5.41) is 3.75. The predicted octanol–water partition coefficient (Wildman–Crippen LogP) is 4.02. The molecule has 21 heavy (non-hydrogen) atoms. The van der Waals surface area contributed by atoms with Crippen molar-refractivity contribution >= 4 is 11.8 Å². The number of rotatable bonds is 7. The highest BCUT2D eigenvalue weighted by atomic mass is 32.2. The van der Waals surface area contributed by atoms with Crippen molar-refractivity contribution in [3.63, 3.8) is 0 Å². The molecule has 0 saturated carbocycles. The highest BCUT2D eigenvalue weighted by Crippen LogP contribution is 2.25. The van der Waals surface area contributed by atoms with Crippen LogP contribution in [0.5, 0.6) is 0 Å². The summed E-state index contributed by atoms with van der Waals surface area (Å²) in [6, 6.07) is 11.4. The Hall–Kier alpha value is -0.510. The van der Waals surface area contributed by atoms with E-state index in [1.165, 1.54) is 43.0 Å². The van der Waals surface area contributed by atoms with Crippen molar-refractivity contribution in [2.45, 2.75) is 56.5 Å². The zero-order valence-corrected chi connectivity index (χ0v) is 14.6. The molecule has 1 fully saturated rings. The van der Waals surface area contributed by atoms with Crippen LogP contribution >= 0.6 is 11.8 Å². The van der Waals surface area contributed by atoms with Gasteiger partial charge in [0.05, 0.1) is 0 Å². The van der Waals surface area contributed by atoms with Gasteiger partial charge in [0, 0.05) is 41.9 Å². The number of piperazine rings is 1. The molecule has 0 spiro atoms. The van der Waals surface area contributed by atoms with E-state index in [1.54, 1.807) is 0 Å². The van der Waals surface area contributed by atoms with Crippen LogP contribution in [0, 0.1) is 0 Å². The van der Waals surface area contributed by atoms with Gasteiger partial charge in [-0.25, -0.2) is 0 Å². The lowest BCUT2D eigenvalue weighted by atomic mass is 9.91. The molecule has 0 aromatic heterocycles. The van der Waals surface area contributed by atoms with Crippen molar-refractivity contribution in [1.29, 1.82) is 0 Å². The van der Waals surface area contributed by atoms with E-state index < -0.39 is 0 Å². The Morgan fingerprint density at radius 2 is 2.05 bits per heavy atom. The van der Waals surface area contributed by atoms with Crippen LogP contribution < -0.4 is 5.32 Å². The van der Waals surface area contributed by atoms with Crippen LogP contribution in [0.15, 0.2) is 35.2 Å². The maximum atomic E-state index is 3.75. The second kappa shape index (κ2) is 8.21. The largest absolute Gasteiger partial charge is 0.311 e. The summed E-state index contributed by atoms with van der Waals surface area (Å²) in [6.45, 7) is 10.5. The van der Waals surface area contributed by atoms with Crippen molar-refractivity contribution in [3.8, 4) is 0 Å². The fourth-order valence-corrected chi connectivity index (χ4v) is 3.97. The summed E-state index contributed by atoms with van der Waals surface area (Å²) >= 11 is 1.98. The first-order valence-electron chi connectivity index (χ1n) is 8.34. The second-order valence-electron chi connectivity index (χ2n) is 6.32. The van der Waals surface area contributed by atoms with Crippen molar-refractivity contribution in [3.05, 3.63) is 30.3 Å². The Balaban J connectivity index is 1.87. The molecule has 1 aliphatic heterocycles.